The zero-order chi connectivity index (χ0) is 31.7. The predicted molar refractivity (Wildman–Crippen MR) is 167 cm³/mol. The van der Waals surface area contributed by atoms with Gasteiger partial charge in [-0.05, 0) is 81.3 Å². The lowest BCUT2D eigenvalue weighted by Crippen LogP contribution is -2.61. The number of anilines is 1. The maximum atomic E-state index is 14.8. The highest BCUT2D eigenvalue weighted by molar-refractivity contribution is 7.92. The molecule has 8 nitrogen and oxygen atoms in total. The lowest BCUT2D eigenvalue weighted by molar-refractivity contribution is -0.156. The quantitative estimate of drug-likeness (QED) is 0.293. The third-order valence-corrected chi connectivity index (χ3v) is 8.55. The van der Waals surface area contributed by atoms with Crippen molar-refractivity contribution in [3.63, 3.8) is 0 Å². The molecule has 0 aromatic heterocycles. The van der Waals surface area contributed by atoms with Crippen LogP contribution in [0.15, 0.2) is 66.7 Å². The first-order chi connectivity index (χ1) is 20.0. The van der Waals surface area contributed by atoms with Crippen LogP contribution in [0.25, 0.3) is 0 Å². The number of esters is 1. The minimum absolute atomic E-state index is 0.0109. The first kappa shape index (κ1) is 32.7. The molecule has 12 heteroatoms. The molecule has 0 bridgehead atoms. The number of carbonyl (C=O) groups is 2. The van der Waals surface area contributed by atoms with Crippen molar-refractivity contribution in [2.45, 2.75) is 51.4 Å². The number of benzene rings is 3. The molecule has 1 atom stereocenters. The number of likely N-dealkylation sites (tertiary alicyclic amines) is 1. The second kappa shape index (κ2) is 12.8. The maximum absolute atomic E-state index is 14.8. The average molecular weight is 651 g/mol. The number of ether oxygens (including phenoxy) is 1. The smallest absolute Gasteiger partial charge is 0.328 e. The van der Waals surface area contributed by atoms with Crippen LogP contribution in [0.2, 0.25) is 10.0 Å². The number of halogens is 3. The van der Waals surface area contributed by atoms with E-state index >= 15 is 0 Å². The Morgan fingerprint density at radius 1 is 0.977 bits per heavy atom. The van der Waals surface area contributed by atoms with E-state index < -0.39 is 45.4 Å². The zero-order valence-corrected chi connectivity index (χ0v) is 26.8. The van der Waals surface area contributed by atoms with Crippen molar-refractivity contribution in [1.82, 2.24) is 10.2 Å². The number of sulfonamides is 1. The van der Waals surface area contributed by atoms with Gasteiger partial charge < -0.3 is 10.1 Å². The first-order valence-electron chi connectivity index (χ1n) is 13.6. The minimum Gasteiger partial charge on any atom is -0.458 e. The molecular formula is C31H34Cl2FN3O5S. The van der Waals surface area contributed by atoms with Crippen molar-refractivity contribution in [2.75, 3.05) is 23.7 Å². The molecule has 1 aliphatic heterocycles. The van der Waals surface area contributed by atoms with Crippen LogP contribution >= 0.6 is 23.2 Å². The standard InChI is InChI=1S/C31H34Cl2FN3O5S/c1-19(30(39)42-31(2,3)4)35-29(38)22-14-25(34)16-26(15-22)37(43(5,40)41)27-17-36(18-27)28(20-6-10-23(32)11-7-20)21-8-12-24(33)13-9-21/h6-16,19,27-28H,17-18H2,1-5H3,(H,35,38)/t19-/m0/s1. The highest BCUT2D eigenvalue weighted by atomic mass is 35.5. The Morgan fingerprint density at radius 2 is 1.49 bits per heavy atom. The minimum atomic E-state index is -3.88. The normalized spacial score (nSPS) is 15.1. The lowest BCUT2D eigenvalue weighted by atomic mass is 9.93. The van der Waals surface area contributed by atoms with E-state index in [9.17, 15) is 22.4 Å². The van der Waals surface area contributed by atoms with Crippen molar-refractivity contribution >= 4 is 50.8 Å². The summed E-state index contributed by atoms with van der Waals surface area (Å²) in [4.78, 5) is 27.4. The summed E-state index contributed by atoms with van der Waals surface area (Å²) in [7, 11) is -3.88. The van der Waals surface area contributed by atoms with E-state index in [4.69, 9.17) is 27.9 Å². The van der Waals surface area contributed by atoms with Gasteiger partial charge in [-0.2, -0.15) is 0 Å². The third-order valence-electron chi connectivity index (χ3n) is 6.82. The van der Waals surface area contributed by atoms with Crippen molar-refractivity contribution in [3.05, 3.63) is 99.3 Å². The number of hydrogen-bond donors (Lipinski definition) is 1. The highest BCUT2D eigenvalue weighted by Crippen LogP contribution is 2.37. The Bertz CT molecular complexity index is 1540. The van der Waals surface area contributed by atoms with Gasteiger partial charge in [-0.3, -0.25) is 14.0 Å². The van der Waals surface area contributed by atoms with Crippen LogP contribution in [-0.2, 0) is 19.6 Å². The summed E-state index contributed by atoms with van der Waals surface area (Å²) in [5.74, 6) is -2.19. The molecule has 0 radical (unpaired) electrons. The molecule has 4 rings (SSSR count). The average Bonchev–Trinajstić information content (AvgIpc) is 2.87. The predicted octanol–water partition coefficient (Wildman–Crippen LogP) is 5.83. The van der Waals surface area contributed by atoms with E-state index in [1.807, 2.05) is 24.3 Å². The van der Waals surface area contributed by atoms with Crippen LogP contribution in [0.1, 0.15) is 55.2 Å². The molecule has 1 N–H and O–H groups in total. The number of rotatable bonds is 9. The van der Waals surface area contributed by atoms with Crippen LogP contribution in [0.3, 0.4) is 0 Å². The SMILES string of the molecule is C[C@H](NC(=O)c1cc(F)cc(N(C2CN(C(c3ccc(Cl)cc3)c3ccc(Cl)cc3)C2)S(C)(=O)=O)c1)C(=O)OC(C)(C)C. The van der Waals surface area contributed by atoms with Gasteiger partial charge in [-0.15, -0.1) is 0 Å². The molecule has 1 heterocycles. The highest BCUT2D eigenvalue weighted by Gasteiger charge is 2.41. The number of hydrogen-bond acceptors (Lipinski definition) is 6. The van der Waals surface area contributed by atoms with E-state index in [0.717, 1.165) is 33.8 Å². The van der Waals surface area contributed by atoms with Crippen LogP contribution in [0, 0.1) is 5.82 Å². The van der Waals surface area contributed by atoms with E-state index in [2.05, 4.69) is 10.2 Å². The second-order valence-corrected chi connectivity index (χ2v) is 14.3. The molecule has 0 saturated carbocycles. The van der Waals surface area contributed by atoms with Gasteiger partial charge in [0.05, 0.1) is 24.0 Å². The van der Waals surface area contributed by atoms with Crippen molar-refractivity contribution in [3.8, 4) is 0 Å². The van der Waals surface area contributed by atoms with Gasteiger partial charge in [-0.1, -0.05) is 47.5 Å². The van der Waals surface area contributed by atoms with Crippen LogP contribution < -0.4 is 9.62 Å². The fourth-order valence-corrected chi connectivity index (χ4v) is 6.40. The Balaban J connectivity index is 1.58. The molecule has 43 heavy (non-hydrogen) atoms. The van der Waals surface area contributed by atoms with Gasteiger partial charge in [-0.25, -0.2) is 17.6 Å². The van der Waals surface area contributed by atoms with E-state index in [1.54, 1.807) is 45.0 Å². The molecule has 3 aromatic rings. The van der Waals surface area contributed by atoms with E-state index in [-0.39, 0.29) is 17.3 Å². The van der Waals surface area contributed by atoms with E-state index in [1.165, 1.54) is 13.0 Å². The van der Waals surface area contributed by atoms with Gasteiger partial charge in [0.2, 0.25) is 10.0 Å². The van der Waals surface area contributed by atoms with Crippen LogP contribution in [-0.4, -0.2) is 62.2 Å². The van der Waals surface area contributed by atoms with Crippen molar-refractivity contribution in [2.24, 2.45) is 0 Å². The molecule has 0 spiro atoms. The maximum Gasteiger partial charge on any atom is 0.328 e. The van der Waals surface area contributed by atoms with Crippen LogP contribution in [0.4, 0.5) is 10.1 Å². The van der Waals surface area contributed by atoms with Gasteiger partial charge in [0, 0.05) is 28.7 Å². The molecule has 1 aliphatic rings. The molecule has 1 amide bonds. The Morgan fingerprint density at radius 3 is 1.95 bits per heavy atom. The lowest BCUT2D eigenvalue weighted by Gasteiger charge is -2.48. The Kier molecular flexibility index (Phi) is 9.76. The third kappa shape index (κ3) is 8.26. The molecular weight excluding hydrogens is 616 g/mol. The van der Waals surface area contributed by atoms with E-state index in [0.29, 0.717) is 23.1 Å². The summed E-state index contributed by atoms with van der Waals surface area (Å²) < 4.78 is 47.3. The summed E-state index contributed by atoms with van der Waals surface area (Å²) in [5.41, 5.74) is 1.04. The summed E-state index contributed by atoms with van der Waals surface area (Å²) in [6.07, 6.45) is 1.04. The summed E-state index contributed by atoms with van der Waals surface area (Å²) in [6.45, 7) is 7.22. The Hall–Kier alpha value is -3.18. The number of nitrogens with one attached hydrogen (secondary N) is 1. The summed E-state index contributed by atoms with van der Waals surface area (Å²) in [5, 5.41) is 3.68. The monoisotopic (exact) mass is 649 g/mol. The van der Waals surface area contributed by atoms with Gasteiger partial charge in [0.15, 0.2) is 0 Å². The van der Waals surface area contributed by atoms with Gasteiger partial charge in [0.1, 0.15) is 17.5 Å². The van der Waals surface area contributed by atoms with Crippen LogP contribution in [0.5, 0.6) is 0 Å². The molecule has 230 valence electrons. The molecule has 0 unspecified atom stereocenters. The zero-order valence-electron chi connectivity index (χ0n) is 24.5. The molecule has 1 fully saturated rings. The topological polar surface area (TPSA) is 96.0 Å². The largest absolute Gasteiger partial charge is 0.458 e. The first-order valence-corrected chi connectivity index (χ1v) is 16.2. The van der Waals surface area contributed by atoms with Crippen molar-refractivity contribution < 1.29 is 27.1 Å². The fraction of sp³-hybridized carbons (Fsp3) is 0.355. The number of carbonyl (C=O) groups excluding carboxylic acids is 2. The number of amides is 1. The fourth-order valence-electron chi connectivity index (χ4n) is 4.99. The summed E-state index contributed by atoms with van der Waals surface area (Å²) >= 11 is 12.2. The Labute approximate surface area is 261 Å². The second-order valence-electron chi connectivity index (χ2n) is 11.6. The van der Waals surface area contributed by atoms with Crippen molar-refractivity contribution in [1.29, 1.82) is 0 Å². The molecule has 0 aliphatic carbocycles. The molecule has 1 saturated heterocycles. The summed E-state index contributed by atoms with van der Waals surface area (Å²) in [6, 6.07) is 16.5. The molecule has 3 aromatic carbocycles. The number of nitrogens with zero attached hydrogens (tertiary/aromatic N) is 2. The van der Waals surface area contributed by atoms with Gasteiger partial charge in [0.25, 0.3) is 5.91 Å². The van der Waals surface area contributed by atoms with Gasteiger partial charge >= 0.3 is 5.97 Å².